The molecule has 0 radical (unpaired) electrons. The lowest BCUT2D eigenvalue weighted by molar-refractivity contribution is 0.0998. The monoisotopic (exact) mass is 408 g/mol. The lowest BCUT2D eigenvalue weighted by Crippen LogP contribution is -2.16. The summed E-state index contributed by atoms with van der Waals surface area (Å²) in [4.78, 5) is 18.9. The summed E-state index contributed by atoms with van der Waals surface area (Å²) < 4.78 is 3.03. The third-order valence-electron chi connectivity index (χ3n) is 4.29. The summed E-state index contributed by atoms with van der Waals surface area (Å²) in [6.45, 7) is 9.02. The smallest absolute Gasteiger partial charge is 0.279 e. The van der Waals surface area contributed by atoms with Gasteiger partial charge in [0.25, 0.3) is 5.91 Å². The minimum absolute atomic E-state index is 0.248. The first-order valence-electron chi connectivity index (χ1n) is 9.31. The highest BCUT2D eigenvalue weighted by Gasteiger charge is 2.11. The van der Waals surface area contributed by atoms with Crippen LogP contribution in [0.4, 0.5) is 0 Å². The minimum Gasteiger partial charge on any atom is -0.305 e. The third-order valence-corrected chi connectivity index (χ3v) is 6.35. The number of aromatic nitrogens is 1. The largest absolute Gasteiger partial charge is 0.305 e. The Morgan fingerprint density at radius 2 is 1.89 bits per heavy atom. The third kappa shape index (κ3) is 4.57. The molecular weight excluding hydrogens is 384 g/mol. The number of carbonyl (C=O) groups is 1. The van der Waals surface area contributed by atoms with E-state index in [0.717, 1.165) is 15.1 Å². The molecule has 0 saturated carbocycles. The molecule has 2 aromatic carbocycles. The van der Waals surface area contributed by atoms with E-state index >= 15 is 0 Å². The normalized spacial score (nSPS) is 12.1. The number of thioether (sulfide) groups is 1. The number of nitrogens with zero attached hydrogens (tertiary/aromatic N) is 2. The zero-order valence-corrected chi connectivity index (χ0v) is 18.2. The second-order valence-corrected chi connectivity index (χ2v) is 9.82. The van der Waals surface area contributed by atoms with Crippen LogP contribution in [0.2, 0.25) is 0 Å². The molecule has 0 aliphatic carbocycles. The van der Waals surface area contributed by atoms with Gasteiger partial charge >= 0.3 is 0 Å². The molecule has 144 valence electrons. The molecule has 3 rings (SSSR count). The predicted molar refractivity (Wildman–Crippen MR) is 120 cm³/mol. The van der Waals surface area contributed by atoms with Gasteiger partial charge in [-0.3, -0.25) is 4.79 Å². The summed E-state index contributed by atoms with van der Waals surface area (Å²) >= 11 is 3.28. The fraction of sp³-hybridized carbons (Fsp3) is 0.304. The maximum Gasteiger partial charge on any atom is 0.279 e. The van der Waals surface area contributed by atoms with Gasteiger partial charge in [-0.15, -0.1) is 18.2 Å². The lowest BCUT2D eigenvalue weighted by Gasteiger charge is -2.05. The summed E-state index contributed by atoms with van der Waals surface area (Å²) in [7, 11) is 0. The first-order chi connectivity index (χ1) is 13.4. The molecule has 0 atom stereocenters. The second kappa shape index (κ2) is 8.81. The van der Waals surface area contributed by atoms with E-state index in [2.05, 4.69) is 56.8 Å². The molecule has 0 aliphatic rings. The van der Waals surface area contributed by atoms with Crippen LogP contribution in [0.15, 0.2) is 52.4 Å². The van der Waals surface area contributed by atoms with Crippen LogP contribution in [-0.2, 0) is 6.54 Å². The van der Waals surface area contributed by atoms with Crippen LogP contribution in [0, 0.1) is 12.3 Å². The van der Waals surface area contributed by atoms with Crippen molar-refractivity contribution in [3.8, 4) is 12.3 Å². The fourth-order valence-corrected chi connectivity index (χ4v) is 4.79. The molecule has 0 aliphatic heterocycles. The number of rotatable bonds is 5. The van der Waals surface area contributed by atoms with Crippen molar-refractivity contribution in [1.29, 1.82) is 0 Å². The molecule has 28 heavy (non-hydrogen) atoms. The number of hydrogen-bond acceptors (Lipinski definition) is 3. The second-order valence-electron chi connectivity index (χ2n) is 7.16. The van der Waals surface area contributed by atoms with E-state index in [0.29, 0.717) is 28.1 Å². The molecular formula is C23H24N2OS2. The van der Waals surface area contributed by atoms with Crippen molar-refractivity contribution in [1.82, 2.24) is 4.57 Å². The van der Waals surface area contributed by atoms with Gasteiger partial charge in [-0.1, -0.05) is 51.0 Å². The van der Waals surface area contributed by atoms with E-state index in [4.69, 9.17) is 6.42 Å². The zero-order valence-electron chi connectivity index (χ0n) is 16.6. The molecule has 0 N–H and O–H groups in total. The summed E-state index contributed by atoms with van der Waals surface area (Å²) in [5, 5.41) is 0.503. The number of thiazole rings is 1. The number of amides is 1. The molecule has 0 fully saturated rings. The van der Waals surface area contributed by atoms with Crippen molar-refractivity contribution in [2.45, 2.75) is 50.3 Å². The topological polar surface area (TPSA) is 34.4 Å². The van der Waals surface area contributed by atoms with Gasteiger partial charge < -0.3 is 4.57 Å². The SMILES string of the molecule is C#CCn1c(=NC(=O)c2ccc(SC(C)C)cc2)sc2cc(C(C)C)ccc21. The number of hydrogen-bond donors (Lipinski definition) is 0. The first kappa shape index (κ1) is 20.4. The average Bonchev–Trinajstić information content (AvgIpc) is 2.98. The molecule has 3 aromatic rings. The van der Waals surface area contributed by atoms with Gasteiger partial charge in [-0.2, -0.15) is 4.99 Å². The van der Waals surface area contributed by atoms with Crippen molar-refractivity contribution < 1.29 is 4.79 Å². The van der Waals surface area contributed by atoms with Crippen molar-refractivity contribution >= 4 is 39.2 Å². The molecule has 3 nitrogen and oxygen atoms in total. The Morgan fingerprint density at radius 3 is 2.50 bits per heavy atom. The summed E-state index contributed by atoms with van der Waals surface area (Å²) in [5.74, 6) is 2.87. The van der Waals surface area contributed by atoms with Crippen LogP contribution in [0.25, 0.3) is 10.2 Å². The highest BCUT2D eigenvalue weighted by Crippen LogP contribution is 2.24. The van der Waals surface area contributed by atoms with E-state index in [1.807, 2.05) is 28.8 Å². The van der Waals surface area contributed by atoms with Crippen LogP contribution >= 0.6 is 23.1 Å². The highest BCUT2D eigenvalue weighted by molar-refractivity contribution is 7.99. The summed E-state index contributed by atoms with van der Waals surface area (Å²) in [6, 6.07) is 14.0. The molecule has 0 unspecified atom stereocenters. The summed E-state index contributed by atoms with van der Waals surface area (Å²) in [6.07, 6.45) is 5.56. The molecule has 0 saturated heterocycles. The molecule has 1 amide bonds. The van der Waals surface area contributed by atoms with Crippen molar-refractivity contribution in [3.63, 3.8) is 0 Å². The highest BCUT2D eigenvalue weighted by atomic mass is 32.2. The predicted octanol–water partition coefficient (Wildman–Crippen LogP) is 5.70. The van der Waals surface area contributed by atoms with Crippen LogP contribution < -0.4 is 4.80 Å². The van der Waals surface area contributed by atoms with Crippen molar-refractivity contribution in [3.05, 3.63) is 58.4 Å². The van der Waals surface area contributed by atoms with Gasteiger partial charge in [0.05, 0.1) is 16.8 Å². The summed E-state index contributed by atoms with van der Waals surface area (Å²) in [5.41, 5.74) is 2.86. The average molecular weight is 409 g/mol. The lowest BCUT2D eigenvalue weighted by atomic mass is 10.0. The Bertz CT molecular complexity index is 1100. The standard InChI is InChI=1S/C23H24N2OS2/c1-6-13-25-20-12-9-18(15(2)3)14-21(20)28-23(25)24-22(26)17-7-10-19(11-8-17)27-16(4)5/h1,7-12,14-16H,13H2,2-5H3. The molecule has 0 spiro atoms. The Balaban J connectivity index is 2.01. The Labute approximate surface area is 174 Å². The van der Waals surface area contributed by atoms with Crippen LogP contribution in [-0.4, -0.2) is 15.7 Å². The van der Waals surface area contributed by atoms with Crippen molar-refractivity contribution in [2.75, 3.05) is 0 Å². The maximum absolute atomic E-state index is 12.7. The number of carbonyl (C=O) groups excluding carboxylic acids is 1. The van der Waals surface area contributed by atoms with Gasteiger partial charge in [0.1, 0.15) is 0 Å². The Morgan fingerprint density at radius 1 is 1.18 bits per heavy atom. The van der Waals surface area contributed by atoms with E-state index < -0.39 is 0 Å². The first-order valence-corrected chi connectivity index (χ1v) is 11.0. The quantitative estimate of drug-likeness (QED) is 0.401. The minimum atomic E-state index is -0.248. The molecule has 0 bridgehead atoms. The van der Waals surface area contributed by atoms with Gasteiger partial charge in [-0.05, 0) is 47.9 Å². The van der Waals surface area contributed by atoms with E-state index in [-0.39, 0.29) is 5.91 Å². The van der Waals surface area contributed by atoms with Gasteiger partial charge in [0.2, 0.25) is 0 Å². The van der Waals surface area contributed by atoms with E-state index in [1.165, 1.54) is 16.9 Å². The van der Waals surface area contributed by atoms with Crippen molar-refractivity contribution in [2.24, 2.45) is 4.99 Å². The molecule has 1 heterocycles. The van der Waals surface area contributed by atoms with Crippen LogP contribution in [0.5, 0.6) is 0 Å². The maximum atomic E-state index is 12.7. The molecule has 5 heteroatoms. The number of fused-ring (bicyclic) bond motifs is 1. The van der Waals surface area contributed by atoms with Gasteiger partial charge in [0, 0.05) is 15.7 Å². The van der Waals surface area contributed by atoms with Gasteiger partial charge in [-0.25, -0.2) is 0 Å². The Hall–Kier alpha value is -2.29. The Kier molecular flexibility index (Phi) is 6.43. The fourth-order valence-electron chi connectivity index (χ4n) is 2.88. The zero-order chi connectivity index (χ0) is 20.3. The van der Waals surface area contributed by atoms with E-state index in [9.17, 15) is 4.79 Å². The van der Waals surface area contributed by atoms with Crippen LogP contribution in [0.3, 0.4) is 0 Å². The number of terminal acetylenes is 1. The molecule has 1 aromatic heterocycles. The van der Waals surface area contributed by atoms with E-state index in [1.54, 1.807) is 11.8 Å². The van der Waals surface area contributed by atoms with Gasteiger partial charge in [0.15, 0.2) is 4.80 Å². The number of benzene rings is 2. The van der Waals surface area contributed by atoms with Crippen LogP contribution in [0.1, 0.15) is 49.5 Å².